The van der Waals surface area contributed by atoms with E-state index in [1.807, 2.05) is 20.8 Å². The molecule has 0 amide bonds. The van der Waals surface area contributed by atoms with Crippen LogP contribution < -0.4 is 5.32 Å². The van der Waals surface area contributed by atoms with Crippen molar-refractivity contribution in [3.05, 3.63) is 0 Å². The highest BCUT2D eigenvalue weighted by Gasteiger charge is 2.18. The third kappa shape index (κ3) is 4.02. The van der Waals surface area contributed by atoms with E-state index in [4.69, 9.17) is 5.11 Å². The van der Waals surface area contributed by atoms with Gasteiger partial charge in [0.2, 0.25) is 0 Å². The molecule has 11 heavy (non-hydrogen) atoms. The molecule has 2 heteroatoms. The summed E-state index contributed by atoms with van der Waals surface area (Å²) in [5, 5.41) is 12.1. The molecule has 0 spiro atoms. The van der Waals surface area contributed by atoms with Crippen molar-refractivity contribution in [2.24, 2.45) is 0 Å². The molecule has 2 N–H and O–H groups in total. The fourth-order valence-corrected chi connectivity index (χ4v) is 0.639. The molecule has 0 heterocycles. The molecule has 0 radical (unpaired) electrons. The van der Waals surface area contributed by atoms with E-state index in [9.17, 15) is 0 Å². The lowest BCUT2D eigenvalue weighted by Crippen LogP contribution is -2.45. The Hall–Kier alpha value is -0.520. The van der Waals surface area contributed by atoms with Crippen molar-refractivity contribution in [2.75, 3.05) is 13.2 Å². The minimum atomic E-state index is -0.163. The lowest BCUT2D eigenvalue weighted by molar-refractivity contribution is 0.175. The topological polar surface area (TPSA) is 32.3 Å². The van der Waals surface area contributed by atoms with Crippen LogP contribution in [0.25, 0.3) is 0 Å². The molecule has 0 aromatic heterocycles. The summed E-state index contributed by atoms with van der Waals surface area (Å²) in [6.45, 7) is 6.66. The van der Waals surface area contributed by atoms with Crippen LogP contribution in [0.2, 0.25) is 0 Å². The maximum Gasteiger partial charge on any atom is 0.0610 e. The third-order valence-corrected chi connectivity index (χ3v) is 1.91. The van der Waals surface area contributed by atoms with E-state index in [-0.39, 0.29) is 12.1 Å². The normalized spacial score (nSPS) is 14.9. The number of hydrogen-bond acceptors (Lipinski definition) is 2. The molecule has 0 saturated heterocycles. The molecule has 2 nitrogen and oxygen atoms in total. The summed E-state index contributed by atoms with van der Waals surface area (Å²) in [6, 6.07) is 0. The Morgan fingerprint density at radius 3 is 2.55 bits per heavy atom. The van der Waals surface area contributed by atoms with Crippen molar-refractivity contribution in [3.8, 4) is 11.8 Å². The van der Waals surface area contributed by atoms with Crippen molar-refractivity contribution in [1.82, 2.24) is 5.32 Å². The van der Waals surface area contributed by atoms with Crippen LogP contribution in [0.3, 0.4) is 0 Å². The van der Waals surface area contributed by atoms with Gasteiger partial charge >= 0.3 is 0 Å². The minimum absolute atomic E-state index is 0.162. The number of hydrogen-bond donors (Lipinski definition) is 2. The zero-order valence-corrected chi connectivity index (χ0v) is 7.57. The fourth-order valence-electron chi connectivity index (χ4n) is 0.639. The number of aliphatic hydroxyl groups is 1. The van der Waals surface area contributed by atoms with Crippen LogP contribution in [-0.2, 0) is 0 Å². The predicted octanol–water partition coefficient (Wildman–Crippen LogP) is 0.760. The first-order chi connectivity index (χ1) is 5.18. The SMILES string of the molecule is CC#CCNC(C)(CC)CO. The van der Waals surface area contributed by atoms with E-state index in [2.05, 4.69) is 17.2 Å². The molecule has 0 saturated carbocycles. The molecule has 0 rings (SSSR count). The van der Waals surface area contributed by atoms with Crippen molar-refractivity contribution in [2.45, 2.75) is 32.7 Å². The fraction of sp³-hybridized carbons (Fsp3) is 0.778. The molecule has 0 aliphatic rings. The number of aliphatic hydroxyl groups excluding tert-OH is 1. The van der Waals surface area contributed by atoms with Crippen LogP contribution in [0.5, 0.6) is 0 Å². The van der Waals surface area contributed by atoms with Crippen LogP contribution in [0.4, 0.5) is 0 Å². The average Bonchev–Trinajstić information content (AvgIpc) is 2.05. The van der Waals surface area contributed by atoms with Gasteiger partial charge in [-0.05, 0) is 20.3 Å². The first-order valence-electron chi connectivity index (χ1n) is 3.94. The zero-order valence-electron chi connectivity index (χ0n) is 7.57. The predicted molar refractivity (Wildman–Crippen MR) is 47.2 cm³/mol. The summed E-state index contributed by atoms with van der Waals surface area (Å²) in [4.78, 5) is 0. The Morgan fingerprint density at radius 2 is 2.18 bits per heavy atom. The maximum absolute atomic E-state index is 8.97. The van der Waals surface area contributed by atoms with Gasteiger partial charge in [-0.25, -0.2) is 0 Å². The monoisotopic (exact) mass is 155 g/mol. The highest BCUT2D eigenvalue weighted by molar-refractivity contribution is 4.99. The summed E-state index contributed by atoms with van der Waals surface area (Å²) in [7, 11) is 0. The van der Waals surface area contributed by atoms with Crippen molar-refractivity contribution >= 4 is 0 Å². The summed E-state index contributed by atoms with van der Waals surface area (Å²) in [5.74, 6) is 5.69. The first-order valence-corrected chi connectivity index (χ1v) is 3.94. The standard InChI is InChI=1S/C9H17NO/c1-4-6-7-10-9(3,5-2)8-11/h10-11H,5,7-8H2,1-3H3. The Kier molecular flexibility index (Phi) is 4.93. The molecule has 0 aliphatic carbocycles. The minimum Gasteiger partial charge on any atom is -0.394 e. The van der Waals surface area contributed by atoms with E-state index >= 15 is 0 Å². The second-order valence-electron chi connectivity index (χ2n) is 2.85. The summed E-state index contributed by atoms with van der Waals surface area (Å²) < 4.78 is 0. The van der Waals surface area contributed by atoms with E-state index in [0.29, 0.717) is 6.54 Å². The van der Waals surface area contributed by atoms with Crippen molar-refractivity contribution < 1.29 is 5.11 Å². The van der Waals surface area contributed by atoms with Crippen LogP contribution in [0, 0.1) is 11.8 Å². The van der Waals surface area contributed by atoms with E-state index < -0.39 is 0 Å². The Morgan fingerprint density at radius 1 is 1.55 bits per heavy atom. The van der Waals surface area contributed by atoms with Gasteiger partial charge in [-0.3, -0.25) is 5.32 Å². The molecule has 1 unspecified atom stereocenters. The molecule has 1 atom stereocenters. The van der Waals surface area contributed by atoms with E-state index in [1.54, 1.807) is 0 Å². The molecule has 0 fully saturated rings. The Bertz CT molecular complexity index is 151. The molecule has 64 valence electrons. The smallest absolute Gasteiger partial charge is 0.0610 e. The lowest BCUT2D eigenvalue weighted by Gasteiger charge is -2.25. The van der Waals surface area contributed by atoms with E-state index in [0.717, 1.165) is 6.42 Å². The van der Waals surface area contributed by atoms with Gasteiger partial charge in [0, 0.05) is 5.54 Å². The molecule has 0 bridgehead atoms. The zero-order chi connectivity index (χ0) is 8.74. The average molecular weight is 155 g/mol. The van der Waals surface area contributed by atoms with Crippen LogP contribution >= 0.6 is 0 Å². The quantitative estimate of drug-likeness (QED) is 0.587. The van der Waals surface area contributed by atoms with Gasteiger partial charge in [0.25, 0.3) is 0 Å². The summed E-state index contributed by atoms with van der Waals surface area (Å²) in [5.41, 5.74) is -0.163. The van der Waals surface area contributed by atoms with Crippen molar-refractivity contribution in [3.63, 3.8) is 0 Å². The molecule has 0 aromatic carbocycles. The number of rotatable bonds is 4. The lowest BCUT2D eigenvalue weighted by atomic mass is 10.0. The van der Waals surface area contributed by atoms with Gasteiger partial charge in [0.15, 0.2) is 0 Å². The van der Waals surface area contributed by atoms with Crippen molar-refractivity contribution in [1.29, 1.82) is 0 Å². The van der Waals surface area contributed by atoms with Crippen LogP contribution in [-0.4, -0.2) is 23.8 Å². The molecule has 0 aromatic rings. The van der Waals surface area contributed by atoms with Gasteiger partial charge in [-0.1, -0.05) is 12.8 Å². The third-order valence-electron chi connectivity index (χ3n) is 1.91. The van der Waals surface area contributed by atoms with Gasteiger partial charge in [0.05, 0.1) is 13.2 Å². The highest BCUT2D eigenvalue weighted by Crippen LogP contribution is 2.05. The second-order valence-corrected chi connectivity index (χ2v) is 2.85. The maximum atomic E-state index is 8.97. The second kappa shape index (κ2) is 5.17. The van der Waals surface area contributed by atoms with Gasteiger partial charge in [0.1, 0.15) is 0 Å². The molecular formula is C9H17NO. The van der Waals surface area contributed by atoms with Gasteiger partial charge in [-0.15, -0.1) is 5.92 Å². The largest absolute Gasteiger partial charge is 0.394 e. The first kappa shape index (κ1) is 10.5. The molecule has 0 aliphatic heterocycles. The van der Waals surface area contributed by atoms with Gasteiger partial charge < -0.3 is 5.11 Å². The Labute approximate surface area is 69.0 Å². The summed E-state index contributed by atoms with van der Waals surface area (Å²) >= 11 is 0. The van der Waals surface area contributed by atoms with E-state index in [1.165, 1.54) is 0 Å². The number of nitrogens with one attached hydrogen (secondary N) is 1. The van der Waals surface area contributed by atoms with Crippen LogP contribution in [0.1, 0.15) is 27.2 Å². The highest BCUT2D eigenvalue weighted by atomic mass is 16.3. The summed E-state index contributed by atoms with van der Waals surface area (Å²) in [6.07, 6.45) is 0.912. The van der Waals surface area contributed by atoms with Gasteiger partial charge in [-0.2, -0.15) is 0 Å². The Balaban J connectivity index is 3.74. The molecular weight excluding hydrogens is 138 g/mol. The van der Waals surface area contributed by atoms with Crippen LogP contribution in [0.15, 0.2) is 0 Å².